The van der Waals surface area contributed by atoms with Gasteiger partial charge in [-0.05, 0) is 19.9 Å². The van der Waals surface area contributed by atoms with Crippen LogP contribution in [0.3, 0.4) is 0 Å². The molecule has 0 aromatic carbocycles. The lowest BCUT2D eigenvalue weighted by molar-refractivity contribution is -0.119. The minimum Gasteiger partial charge on any atom is -0.469 e. The molecule has 19 heavy (non-hydrogen) atoms. The molecule has 1 aromatic heterocycles. The Bertz CT molecular complexity index is 503. The second-order valence-corrected chi connectivity index (χ2v) is 3.95. The number of carbonyl (C=O) groups is 2. The zero-order valence-electron chi connectivity index (χ0n) is 11.0. The van der Waals surface area contributed by atoms with Crippen molar-refractivity contribution in [3.05, 3.63) is 36.3 Å². The second-order valence-electron chi connectivity index (χ2n) is 3.95. The quantitative estimate of drug-likeness (QED) is 0.462. The number of nitrogens with one attached hydrogen (secondary N) is 2. The minimum absolute atomic E-state index is 0.124. The molecule has 0 unspecified atom stereocenters. The third-order valence-electron chi connectivity index (χ3n) is 2.31. The number of hydrazone groups is 1. The van der Waals surface area contributed by atoms with Crippen LogP contribution in [0.4, 0.5) is 0 Å². The molecule has 2 N–H and O–H groups in total. The fourth-order valence-corrected chi connectivity index (χ4v) is 1.35. The first-order valence-corrected chi connectivity index (χ1v) is 5.79. The Balaban J connectivity index is 2.47. The molecule has 1 aromatic rings. The van der Waals surface area contributed by atoms with Crippen molar-refractivity contribution < 1.29 is 14.0 Å². The molecule has 1 rings (SSSR count). The molecule has 6 heteroatoms. The van der Waals surface area contributed by atoms with E-state index in [2.05, 4.69) is 22.4 Å². The minimum atomic E-state index is -0.364. The van der Waals surface area contributed by atoms with E-state index in [1.807, 2.05) is 0 Å². The average Bonchev–Trinajstić information content (AvgIpc) is 2.79. The van der Waals surface area contributed by atoms with Gasteiger partial charge in [-0.15, -0.1) is 6.58 Å². The highest BCUT2D eigenvalue weighted by atomic mass is 16.3. The topological polar surface area (TPSA) is 83.7 Å². The normalized spacial score (nSPS) is 10.9. The Morgan fingerprint density at radius 2 is 2.26 bits per heavy atom. The van der Waals surface area contributed by atoms with Crippen molar-refractivity contribution in [1.29, 1.82) is 0 Å². The van der Waals surface area contributed by atoms with Gasteiger partial charge in [-0.3, -0.25) is 9.59 Å². The predicted molar refractivity (Wildman–Crippen MR) is 71.8 cm³/mol. The van der Waals surface area contributed by atoms with Gasteiger partial charge in [0.25, 0.3) is 5.91 Å². The smallest absolute Gasteiger partial charge is 0.274 e. The fraction of sp³-hybridized carbons (Fsp3) is 0.308. The van der Waals surface area contributed by atoms with E-state index in [4.69, 9.17) is 4.42 Å². The molecule has 0 aliphatic carbocycles. The van der Waals surface area contributed by atoms with Crippen molar-refractivity contribution in [2.45, 2.75) is 20.3 Å². The van der Waals surface area contributed by atoms with Gasteiger partial charge in [0.15, 0.2) is 0 Å². The van der Waals surface area contributed by atoms with Crippen LogP contribution in [-0.4, -0.2) is 24.1 Å². The molecule has 0 fully saturated rings. The number of furan rings is 1. The molecule has 0 aliphatic rings. The van der Waals surface area contributed by atoms with Crippen molar-refractivity contribution in [3.8, 4) is 0 Å². The zero-order chi connectivity index (χ0) is 14.3. The largest absolute Gasteiger partial charge is 0.469 e. The lowest BCUT2D eigenvalue weighted by atomic mass is 10.2. The summed E-state index contributed by atoms with van der Waals surface area (Å²) in [5.74, 6) is -0.0129. The van der Waals surface area contributed by atoms with Crippen molar-refractivity contribution in [1.82, 2.24) is 10.7 Å². The van der Waals surface area contributed by atoms with Gasteiger partial charge in [0.1, 0.15) is 5.76 Å². The van der Waals surface area contributed by atoms with Crippen LogP contribution in [0.1, 0.15) is 29.5 Å². The van der Waals surface area contributed by atoms with Gasteiger partial charge in [0.2, 0.25) is 5.91 Å². The van der Waals surface area contributed by atoms with E-state index in [0.717, 1.165) is 0 Å². The van der Waals surface area contributed by atoms with Crippen LogP contribution in [-0.2, 0) is 4.79 Å². The van der Waals surface area contributed by atoms with Crippen LogP contribution in [0.25, 0.3) is 0 Å². The number of hydrogen-bond donors (Lipinski definition) is 2. The number of amides is 2. The third kappa shape index (κ3) is 4.79. The maximum absolute atomic E-state index is 11.7. The SMILES string of the molecule is C=CCNC(=O)CC(C)=NNC(=O)c1ccoc1C. The Hall–Kier alpha value is -2.37. The molecule has 0 bridgehead atoms. The van der Waals surface area contributed by atoms with Crippen LogP contribution < -0.4 is 10.7 Å². The van der Waals surface area contributed by atoms with E-state index in [0.29, 0.717) is 23.6 Å². The first-order valence-electron chi connectivity index (χ1n) is 5.79. The molecule has 0 saturated carbocycles. The predicted octanol–water partition coefficient (Wildman–Crippen LogP) is 1.39. The fourth-order valence-electron chi connectivity index (χ4n) is 1.35. The van der Waals surface area contributed by atoms with E-state index >= 15 is 0 Å². The molecule has 102 valence electrons. The summed E-state index contributed by atoms with van der Waals surface area (Å²) in [5.41, 5.74) is 3.31. The Morgan fingerprint density at radius 1 is 1.53 bits per heavy atom. The number of carbonyl (C=O) groups excluding carboxylic acids is 2. The van der Waals surface area contributed by atoms with Gasteiger partial charge >= 0.3 is 0 Å². The summed E-state index contributed by atoms with van der Waals surface area (Å²) in [6, 6.07) is 1.56. The summed E-state index contributed by atoms with van der Waals surface area (Å²) in [5, 5.41) is 6.48. The molecule has 0 saturated heterocycles. The summed E-state index contributed by atoms with van der Waals surface area (Å²) >= 11 is 0. The monoisotopic (exact) mass is 263 g/mol. The van der Waals surface area contributed by atoms with Crippen molar-refractivity contribution in [3.63, 3.8) is 0 Å². The molecule has 0 radical (unpaired) electrons. The second kappa shape index (κ2) is 7.15. The van der Waals surface area contributed by atoms with Gasteiger partial charge in [-0.2, -0.15) is 5.10 Å². The van der Waals surface area contributed by atoms with E-state index in [1.165, 1.54) is 6.26 Å². The lowest BCUT2D eigenvalue weighted by Gasteiger charge is -2.03. The average molecular weight is 263 g/mol. The first kappa shape index (κ1) is 14.7. The maximum Gasteiger partial charge on any atom is 0.274 e. The molecule has 2 amide bonds. The Kier molecular flexibility index (Phi) is 5.53. The van der Waals surface area contributed by atoms with Crippen LogP contribution in [0.5, 0.6) is 0 Å². The summed E-state index contributed by atoms with van der Waals surface area (Å²) in [4.78, 5) is 23.1. The molecular formula is C13H17N3O3. The summed E-state index contributed by atoms with van der Waals surface area (Å²) < 4.78 is 5.02. The van der Waals surface area contributed by atoms with Crippen molar-refractivity contribution in [2.75, 3.05) is 6.54 Å². The van der Waals surface area contributed by atoms with Gasteiger partial charge in [0.05, 0.1) is 18.2 Å². The Labute approximate surface area is 111 Å². The standard InChI is InChI=1S/C13H17N3O3/c1-4-6-14-12(17)8-9(2)15-16-13(18)11-5-7-19-10(11)3/h4-5,7H,1,6,8H2,2-3H3,(H,14,17)(H,16,18). The zero-order valence-corrected chi connectivity index (χ0v) is 11.0. The highest BCUT2D eigenvalue weighted by molar-refractivity contribution is 6.01. The highest BCUT2D eigenvalue weighted by Gasteiger charge is 2.10. The Morgan fingerprint density at radius 3 is 2.84 bits per heavy atom. The van der Waals surface area contributed by atoms with Gasteiger partial charge in [-0.1, -0.05) is 6.08 Å². The third-order valence-corrected chi connectivity index (χ3v) is 2.31. The highest BCUT2D eigenvalue weighted by Crippen LogP contribution is 2.07. The van der Waals surface area contributed by atoms with Crippen LogP contribution in [0, 0.1) is 6.92 Å². The molecule has 6 nitrogen and oxygen atoms in total. The van der Waals surface area contributed by atoms with E-state index in [1.54, 1.807) is 26.0 Å². The van der Waals surface area contributed by atoms with E-state index in [-0.39, 0.29) is 18.2 Å². The molecule has 0 aliphatic heterocycles. The molecule has 0 spiro atoms. The van der Waals surface area contributed by atoms with Crippen LogP contribution in [0.15, 0.2) is 34.5 Å². The van der Waals surface area contributed by atoms with Crippen molar-refractivity contribution in [2.24, 2.45) is 5.10 Å². The number of nitrogens with zero attached hydrogens (tertiary/aromatic N) is 1. The number of hydrogen-bond acceptors (Lipinski definition) is 4. The van der Waals surface area contributed by atoms with Crippen molar-refractivity contribution >= 4 is 17.5 Å². The molecule has 1 heterocycles. The summed E-state index contributed by atoms with van der Waals surface area (Å²) in [6.45, 7) is 7.26. The van der Waals surface area contributed by atoms with E-state index in [9.17, 15) is 9.59 Å². The van der Waals surface area contributed by atoms with Gasteiger partial charge in [-0.25, -0.2) is 5.43 Å². The van der Waals surface area contributed by atoms with E-state index < -0.39 is 0 Å². The van der Waals surface area contributed by atoms with Crippen LogP contribution in [0.2, 0.25) is 0 Å². The summed E-state index contributed by atoms with van der Waals surface area (Å²) in [7, 11) is 0. The van der Waals surface area contributed by atoms with Gasteiger partial charge in [0, 0.05) is 12.3 Å². The maximum atomic E-state index is 11.7. The molecule has 0 atom stereocenters. The first-order chi connectivity index (χ1) is 9.04. The molecular weight excluding hydrogens is 246 g/mol. The summed E-state index contributed by atoms with van der Waals surface area (Å²) in [6.07, 6.45) is 3.15. The van der Waals surface area contributed by atoms with Gasteiger partial charge < -0.3 is 9.73 Å². The number of aryl methyl sites for hydroxylation is 1. The number of rotatable bonds is 6. The lowest BCUT2D eigenvalue weighted by Crippen LogP contribution is -2.26. The van der Waals surface area contributed by atoms with Crippen LogP contribution >= 0.6 is 0 Å².